The van der Waals surface area contributed by atoms with E-state index in [2.05, 4.69) is 15.2 Å². The zero-order valence-electron chi connectivity index (χ0n) is 17.8. The van der Waals surface area contributed by atoms with E-state index in [1.807, 2.05) is 6.92 Å². The molecule has 5 rings (SSSR count). The molecule has 0 amide bonds. The Bertz CT molecular complexity index is 1310. The molecule has 1 unspecified atom stereocenters. The molecule has 2 aliphatic rings. The molecule has 0 spiro atoms. The van der Waals surface area contributed by atoms with E-state index in [9.17, 15) is 23.7 Å². The predicted octanol–water partition coefficient (Wildman–Crippen LogP) is 2.90. The molecule has 0 aliphatic carbocycles. The predicted molar refractivity (Wildman–Crippen MR) is 117 cm³/mol. The Morgan fingerprint density at radius 3 is 2.91 bits per heavy atom. The first-order valence-corrected chi connectivity index (χ1v) is 10.6. The molecular formula is C22H21F2N5O4. The lowest BCUT2D eigenvalue weighted by Crippen LogP contribution is -2.34. The van der Waals surface area contributed by atoms with Crippen LogP contribution in [0.1, 0.15) is 24.9 Å². The van der Waals surface area contributed by atoms with Gasteiger partial charge in [0.25, 0.3) is 0 Å². The van der Waals surface area contributed by atoms with Gasteiger partial charge in [-0.1, -0.05) is 0 Å². The molecule has 2 atom stereocenters. The van der Waals surface area contributed by atoms with Crippen molar-refractivity contribution in [1.29, 1.82) is 0 Å². The average Bonchev–Trinajstić information content (AvgIpc) is 3.28. The monoisotopic (exact) mass is 457 g/mol. The van der Waals surface area contributed by atoms with Crippen LogP contribution in [-0.2, 0) is 6.54 Å². The number of anilines is 1. The molecule has 4 heterocycles. The molecule has 1 fully saturated rings. The van der Waals surface area contributed by atoms with Gasteiger partial charge in [0, 0.05) is 43.5 Å². The lowest BCUT2D eigenvalue weighted by molar-refractivity contribution is -0.389. The molecule has 0 radical (unpaired) electrons. The minimum atomic E-state index is -1.11. The second kappa shape index (κ2) is 8.07. The van der Waals surface area contributed by atoms with E-state index in [1.165, 1.54) is 12.3 Å². The van der Waals surface area contributed by atoms with Crippen LogP contribution in [0.4, 0.5) is 20.3 Å². The number of nitrogens with one attached hydrogen (secondary N) is 1. The minimum Gasteiger partial charge on any atom is -0.486 e. The number of benzene rings is 1. The Hall–Kier alpha value is -3.60. The SMILES string of the molecule is CC1COc2c(F)c(F)cc3c(=O)c(CN[C@H]4CCN(c5ccc([N+](=O)[O-])nc5)C4)cn1c23. The third-order valence-corrected chi connectivity index (χ3v) is 6.24. The summed E-state index contributed by atoms with van der Waals surface area (Å²) in [6, 6.07) is 3.93. The zero-order valence-corrected chi connectivity index (χ0v) is 17.8. The minimum absolute atomic E-state index is 0.0814. The van der Waals surface area contributed by atoms with Gasteiger partial charge >= 0.3 is 5.82 Å². The van der Waals surface area contributed by atoms with Crippen LogP contribution in [0.15, 0.2) is 35.4 Å². The largest absolute Gasteiger partial charge is 0.486 e. The zero-order chi connectivity index (χ0) is 23.3. The van der Waals surface area contributed by atoms with Gasteiger partial charge in [-0.2, -0.15) is 4.39 Å². The molecule has 1 saturated heterocycles. The van der Waals surface area contributed by atoms with Gasteiger partial charge in [-0.15, -0.1) is 0 Å². The molecule has 2 aromatic heterocycles. The summed E-state index contributed by atoms with van der Waals surface area (Å²) in [5.74, 6) is -2.61. The van der Waals surface area contributed by atoms with Crippen LogP contribution < -0.4 is 20.4 Å². The number of pyridine rings is 2. The number of hydrogen-bond donors (Lipinski definition) is 1. The summed E-state index contributed by atoms with van der Waals surface area (Å²) in [6.45, 7) is 3.72. The number of halogens is 2. The number of rotatable bonds is 5. The Morgan fingerprint density at radius 1 is 1.36 bits per heavy atom. The van der Waals surface area contributed by atoms with Gasteiger partial charge < -0.3 is 29.6 Å². The maximum atomic E-state index is 14.2. The first-order chi connectivity index (χ1) is 15.8. The maximum Gasteiger partial charge on any atom is 0.363 e. The molecule has 0 bridgehead atoms. The lowest BCUT2D eigenvalue weighted by Gasteiger charge is -2.27. The molecule has 1 N–H and O–H groups in total. The van der Waals surface area contributed by atoms with Crippen molar-refractivity contribution < 1.29 is 18.4 Å². The molecule has 11 heteroatoms. The van der Waals surface area contributed by atoms with Crippen LogP contribution in [0.3, 0.4) is 0 Å². The van der Waals surface area contributed by atoms with E-state index in [-0.39, 0.29) is 53.1 Å². The summed E-state index contributed by atoms with van der Waals surface area (Å²) in [5.41, 5.74) is 1.17. The molecule has 2 aliphatic heterocycles. The standard InChI is InChI=1S/C22H21F2N5O4/c1-12-11-33-22-19(24)17(23)6-16-20(22)28(12)9-13(21(16)30)7-25-14-4-5-27(10-14)15-2-3-18(26-8-15)29(31)32/h2-3,6,8-9,12,14,25H,4-5,7,10-11H2,1H3/t12?,14-/m0/s1. The quantitative estimate of drug-likeness (QED) is 0.464. The van der Waals surface area contributed by atoms with Crippen LogP contribution in [0.2, 0.25) is 0 Å². The average molecular weight is 457 g/mol. The maximum absolute atomic E-state index is 14.2. The summed E-state index contributed by atoms with van der Waals surface area (Å²) >= 11 is 0. The highest BCUT2D eigenvalue weighted by Gasteiger charge is 2.28. The molecule has 172 valence electrons. The normalized spacial score (nSPS) is 19.7. The summed E-state index contributed by atoms with van der Waals surface area (Å²) < 4.78 is 35.5. The van der Waals surface area contributed by atoms with Gasteiger partial charge in [-0.25, -0.2) is 4.39 Å². The van der Waals surface area contributed by atoms with Crippen LogP contribution in [0.5, 0.6) is 5.75 Å². The lowest BCUT2D eigenvalue weighted by atomic mass is 10.1. The molecule has 9 nitrogen and oxygen atoms in total. The number of nitro groups is 1. The smallest absolute Gasteiger partial charge is 0.363 e. The molecule has 0 saturated carbocycles. The van der Waals surface area contributed by atoms with Crippen molar-refractivity contribution >= 4 is 22.4 Å². The van der Waals surface area contributed by atoms with Gasteiger partial charge in [-0.05, 0) is 35.4 Å². The second-order valence-electron chi connectivity index (χ2n) is 8.39. The first-order valence-electron chi connectivity index (χ1n) is 10.6. The molecule has 3 aromatic rings. The van der Waals surface area contributed by atoms with E-state index >= 15 is 0 Å². The van der Waals surface area contributed by atoms with Gasteiger partial charge in [0.15, 0.2) is 23.2 Å². The Balaban J connectivity index is 1.35. The number of ether oxygens (including phenoxy) is 1. The highest BCUT2D eigenvalue weighted by atomic mass is 19.2. The van der Waals surface area contributed by atoms with E-state index in [0.29, 0.717) is 12.1 Å². The van der Waals surface area contributed by atoms with Crippen molar-refractivity contribution in [3.63, 3.8) is 0 Å². The Labute approximate surface area is 186 Å². The highest BCUT2D eigenvalue weighted by Crippen LogP contribution is 2.35. The van der Waals surface area contributed by atoms with E-state index in [1.54, 1.807) is 16.8 Å². The Kier molecular flexibility index (Phi) is 5.20. The van der Waals surface area contributed by atoms with Gasteiger partial charge in [0.1, 0.15) is 6.61 Å². The van der Waals surface area contributed by atoms with Crippen molar-refractivity contribution in [2.24, 2.45) is 0 Å². The summed E-state index contributed by atoms with van der Waals surface area (Å²) in [6.07, 6.45) is 3.99. The van der Waals surface area contributed by atoms with Gasteiger partial charge in [0.05, 0.1) is 22.6 Å². The van der Waals surface area contributed by atoms with Gasteiger partial charge in [-0.3, -0.25) is 4.79 Å². The highest BCUT2D eigenvalue weighted by molar-refractivity contribution is 5.86. The third kappa shape index (κ3) is 3.67. The fourth-order valence-electron chi connectivity index (χ4n) is 4.47. The van der Waals surface area contributed by atoms with Crippen molar-refractivity contribution in [2.75, 3.05) is 24.6 Å². The number of nitrogens with zero attached hydrogens (tertiary/aromatic N) is 4. The Morgan fingerprint density at radius 2 is 2.18 bits per heavy atom. The van der Waals surface area contributed by atoms with Crippen LogP contribution >= 0.6 is 0 Å². The second-order valence-corrected chi connectivity index (χ2v) is 8.39. The van der Waals surface area contributed by atoms with Crippen molar-refractivity contribution in [2.45, 2.75) is 32.0 Å². The van der Waals surface area contributed by atoms with Crippen molar-refractivity contribution in [3.8, 4) is 5.75 Å². The fourth-order valence-corrected chi connectivity index (χ4v) is 4.47. The summed E-state index contributed by atoms with van der Waals surface area (Å²) in [5, 5.41) is 14.3. The van der Waals surface area contributed by atoms with E-state index < -0.39 is 16.6 Å². The summed E-state index contributed by atoms with van der Waals surface area (Å²) in [7, 11) is 0. The fraction of sp³-hybridized carbons (Fsp3) is 0.364. The van der Waals surface area contributed by atoms with E-state index in [4.69, 9.17) is 4.74 Å². The van der Waals surface area contributed by atoms with Crippen LogP contribution in [0, 0.1) is 21.7 Å². The number of aromatic nitrogens is 2. The molecule has 1 aromatic carbocycles. The molecule has 33 heavy (non-hydrogen) atoms. The molecular weight excluding hydrogens is 436 g/mol. The third-order valence-electron chi connectivity index (χ3n) is 6.24. The first kappa shape index (κ1) is 21.3. The van der Waals surface area contributed by atoms with Crippen molar-refractivity contribution in [3.05, 3.63) is 68.1 Å². The van der Waals surface area contributed by atoms with Crippen LogP contribution in [0.25, 0.3) is 10.9 Å². The van der Waals surface area contributed by atoms with E-state index in [0.717, 1.165) is 24.7 Å². The summed E-state index contributed by atoms with van der Waals surface area (Å²) in [4.78, 5) is 29.2. The van der Waals surface area contributed by atoms with Crippen LogP contribution in [-0.4, -0.2) is 40.2 Å². The van der Waals surface area contributed by atoms with Gasteiger partial charge in [0.2, 0.25) is 5.82 Å². The van der Waals surface area contributed by atoms with Crippen molar-refractivity contribution in [1.82, 2.24) is 14.9 Å². The topological polar surface area (TPSA) is 103 Å². The number of hydrogen-bond acceptors (Lipinski definition) is 7.